The maximum Gasteiger partial charge on any atom is 0.227 e. The maximum atomic E-state index is 12.3. The van der Waals surface area contributed by atoms with Crippen molar-refractivity contribution in [3.63, 3.8) is 0 Å². The summed E-state index contributed by atoms with van der Waals surface area (Å²) in [7, 11) is 4.67. The highest BCUT2D eigenvalue weighted by atomic mass is 16.5. The number of fused-ring (bicyclic) bond motifs is 1. The van der Waals surface area contributed by atoms with E-state index in [1.807, 2.05) is 24.3 Å². The van der Waals surface area contributed by atoms with Crippen molar-refractivity contribution in [2.75, 3.05) is 26.6 Å². The molecule has 1 heterocycles. The van der Waals surface area contributed by atoms with Gasteiger partial charge in [0.05, 0.1) is 21.3 Å². The van der Waals surface area contributed by atoms with E-state index < -0.39 is 0 Å². The van der Waals surface area contributed by atoms with Crippen LogP contribution in [0.2, 0.25) is 0 Å². The number of carbonyl (C=O) groups excluding carboxylic acids is 2. The lowest BCUT2D eigenvalue weighted by Gasteiger charge is -2.24. The van der Waals surface area contributed by atoms with E-state index in [1.54, 1.807) is 33.5 Å². The van der Waals surface area contributed by atoms with E-state index in [2.05, 4.69) is 10.6 Å². The molecular formula is C22H26N2O5. The van der Waals surface area contributed by atoms with Gasteiger partial charge in [-0.3, -0.25) is 9.59 Å². The van der Waals surface area contributed by atoms with Gasteiger partial charge in [0.2, 0.25) is 11.8 Å². The number of hydrogen-bond donors (Lipinski definition) is 2. The third-order valence-corrected chi connectivity index (χ3v) is 5.09. The molecular weight excluding hydrogens is 372 g/mol. The molecule has 1 atom stereocenters. The van der Waals surface area contributed by atoms with Crippen LogP contribution in [0.1, 0.15) is 24.0 Å². The summed E-state index contributed by atoms with van der Waals surface area (Å²) < 4.78 is 16.0. The first kappa shape index (κ1) is 20.5. The lowest BCUT2D eigenvalue weighted by molar-refractivity contribution is -0.122. The Bertz CT molecular complexity index is 897. The van der Waals surface area contributed by atoms with Crippen LogP contribution in [0.25, 0.3) is 0 Å². The quantitative estimate of drug-likeness (QED) is 0.714. The summed E-state index contributed by atoms with van der Waals surface area (Å²) in [4.78, 5) is 24.6. The van der Waals surface area contributed by atoms with Crippen molar-refractivity contribution < 1.29 is 23.8 Å². The summed E-state index contributed by atoms with van der Waals surface area (Å²) in [5.74, 6) is 1.38. The summed E-state index contributed by atoms with van der Waals surface area (Å²) in [5.41, 5.74) is 2.74. The highest BCUT2D eigenvalue weighted by Crippen LogP contribution is 2.34. The highest BCUT2D eigenvalue weighted by Gasteiger charge is 2.26. The fraction of sp³-hybridized carbons (Fsp3) is 0.364. The highest BCUT2D eigenvalue weighted by molar-refractivity contribution is 5.96. The van der Waals surface area contributed by atoms with Gasteiger partial charge in [0.15, 0.2) is 11.5 Å². The summed E-state index contributed by atoms with van der Waals surface area (Å²) in [5, 5.41) is 5.81. The Morgan fingerprint density at radius 3 is 2.48 bits per heavy atom. The monoisotopic (exact) mass is 398 g/mol. The van der Waals surface area contributed by atoms with Gasteiger partial charge in [0.25, 0.3) is 0 Å². The molecule has 1 unspecified atom stereocenters. The van der Waals surface area contributed by atoms with Gasteiger partial charge in [-0.15, -0.1) is 0 Å². The molecule has 0 aromatic heterocycles. The third-order valence-electron chi connectivity index (χ3n) is 5.09. The van der Waals surface area contributed by atoms with Crippen molar-refractivity contribution in [2.45, 2.75) is 25.8 Å². The van der Waals surface area contributed by atoms with E-state index >= 15 is 0 Å². The molecule has 29 heavy (non-hydrogen) atoms. The summed E-state index contributed by atoms with van der Waals surface area (Å²) >= 11 is 0. The van der Waals surface area contributed by atoms with Crippen LogP contribution in [0.3, 0.4) is 0 Å². The van der Waals surface area contributed by atoms with Crippen LogP contribution in [-0.4, -0.2) is 33.1 Å². The van der Waals surface area contributed by atoms with E-state index in [0.29, 0.717) is 36.6 Å². The predicted molar refractivity (Wildman–Crippen MR) is 109 cm³/mol. The largest absolute Gasteiger partial charge is 0.496 e. The number of amides is 2. The molecule has 154 valence electrons. The molecule has 0 spiro atoms. The Hall–Kier alpha value is -3.22. The lowest BCUT2D eigenvalue weighted by Crippen LogP contribution is -2.31. The second-order valence-electron chi connectivity index (χ2n) is 6.88. The molecule has 7 nitrogen and oxygen atoms in total. The van der Waals surface area contributed by atoms with Gasteiger partial charge in [-0.25, -0.2) is 0 Å². The smallest absolute Gasteiger partial charge is 0.227 e. The van der Waals surface area contributed by atoms with Crippen LogP contribution in [0.5, 0.6) is 17.2 Å². The van der Waals surface area contributed by atoms with Crippen LogP contribution in [0, 0.1) is 5.92 Å². The molecule has 0 bridgehead atoms. The standard InChI is InChI=1S/C22H26N2O5/c1-27-18-12-20(29-3)19(28-2)11-16(18)13-23-21(25)9-8-15-10-14-6-4-5-7-17(14)24-22(15)26/h4-7,11-12,15H,8-10,13H2,1-3H3,(H,23,25)(H,24,26). The molecule has 2 N–H and O–H groups in total. The minimum absolute atomic E-state index is 0.0296. The molecule has 0 radical (unpaired) electrons. The van der Waals surface area contributed by atoms with Crippen LogP contribution in [-0.2, 0) is 22.6 Å². The summed E-state index contributed by atoms with van der Waals surface area (Å²) in [6, 6.07) is 11.3. The number of benzene rings is 2. The average molecular weight is 398 g/mol. The molecule has 2 aromatic carbocycles. The fourth-order valence-corrected chi connectivity index (χ4v) is 3.46. The number of nitrogens with one attached hydrogen (secondary N) is 2. The number of para-hydroxylation sites is 1. The van der Waals surface area contributed by atoms with Crippen molar-refractivity contribution >= 4 is 17.5 Å². The van der Waals surface area contributed by atoms with Gasteiger partial charge in [0.1, 0.15) is 5.75 Å². The number of hydrogen-bond acceptors (Lipinski definition) is 5. The van der Waals surface area contributed by atoms with Gasteiger partial charge >= 0.3 is 0 Å². The van der Waals surface area contributed by atoms with E-state index in [9.17, 15) is 9.59 Å². The molecule has 0 saturated heterocycles. The van der Waals surface area contributed by atoms with Gasteiger partial charge in [0, 0.05) is 36.2 Å². The van der Waals surface area contributed by atoms with Crippen LogP contribution < -0.4 is 24.8 Å². The maximum absolute atomic E-state index is 12.3. The first-order valence-corrected chi connectivity index (χ1v) is 9.50. The molecule has 0 fully saturated rings. The number of carbonyl (C=O) groups is 2. The number of ether oxygens (including phenoxy) is 3. The molecule has 0 saturated carbocycles. The number of anilines is 1. The first-order valence-electron chi connectivity index (χ1n) is 9.50. The zero-order valence-electron chi connectivity index (χ0n) is 16.9. The zero-order chi connectivity index (χ0) is 20.8. The van der Waals surface area contributed by atoms with Crippen molar-refractivity contribution in [3.05, 3.63) is 47.5 Å². The molecule has 1 aliphatic rings. The fourth-order valence-electron chi connectivity index (χ4n) is 3.46. The second-order valence-corrected chi connectivity index (χ2v) is 6.88. The van der Waals surface area contributed by atoms with Gasteiger partial charge < -0.3 is 24.8 Å². The predicted octanol–water partition coefficient (Wildman–Crippen LogP) is 2.92. The van der Waals surface area contributed by atoms with Crippen LogP contribution in [0.4, 0.5) is 5.69 Å². The molecule has 3 rings (SSSR count). The first-order chi connectivity index (χ1) is 14.0. The SMILES string of the molecule is COc1cc(OC)c(OC)cc1CNC(=O)CCC1Cc2ccccc2NC1=O. The molecule has 7 heteroatoms. The van der Waals surface area contributed by atoms with Gasteiger partial charge in [-0.05, 0) is 30.5 Å². The van der Waals surface area contributed by atoms with E-state index in [-0.39, 0.29) is 24.2 Å². The summed E-state index contributed by atoms with van der Waals surface area (Å²) in [6.45, 7) is 0.294. The van der Waals surface area contributed by atoms with Gasteiger partial charge in [-0.1, -0.05) is 18.2 Å². The summed E-state index contributed by atoms with van der Waals surface area (Å²) in [6.07, 6.45) is 1.42. The minimum atomic E-state index is -0.203. The van der Waals surface area contributed by atoms with Crippen LogP contribution in [0.15, 0.2) is 36.4 Å². The molecule has 0 aliphatic carbocycles. The van der Waals surface area contributed by atoms with Crippen LogP contribution >= 0.6 is 0 Å². The topological polar surface area (TPSA) is 85.9 Å². The third kappa shape index (κ3) is 4.80. The number of rotatable bonds is 8. The van der Waals surface area contributed by atoms with Crippen molar-refractivity contribution in [2.24, 2.45) is 5.92 Å². The zero-order valence-corrected chi connectivity index (χ0v) is 16.9. The lowest BCUT2D eigenvalue weighted by atomic mass is 9.89. The second kappa shape index (κ2) is 9.32. The Morgan fingerprint density at radius 2 is 1.76 bits per heavy atom. The Kier molecular flexibility index (Phi) is 6.59. The molecule has 1 aliphatic heterocycles. The molecule has 2 amide bonds. The normalized spacial score (nSPS) is 15.1. The van der Waals surface area contributed by atoms with E-state index in [4.69, 9.17) is 14.2 Å². The van der Waals surface area contributed by atoms with Crippen molar-refractivity contribution in [1.82, 2.24) is 5.32 Å². The number of methoxy groups -OCH3 is 3. The van der Waals surface area contributed by atoms with E-state index in [0.717, 1.165) is 16.8 Å². The Morgan fingerprint density at radius 1 is 1.07 bits per heavy atom. The Labute approximate surface area is 170 Å². The minimum Gasteiger partial charge on any atom is -0.496 e. The van der Waals surface area contributed by atoms with Crippen molar-refractivity contribution in [1.29, 1.82) is 0 Å². The van der Waals surface area contributed by atoms with Gasteiger partial charge in [-0.2, -0.15) is 0 Å². The average Bonchev–Trinajstić information content (AvgIpc) is 2.75. The van der Waals surface area contributed by atoms with E-state index in [1.165, 1.54) is 0 Å². The Balaban J connectivity index is 1.56. The molecule has 2 aromatic rings. The van der Waals surface area contributed by atoms with Crippen molar-refractivity contribution in [3.8, 4) is 17.2 Å².